The van der Waals surface area contributed by atoms with Crippen LogP contribution >= 0.6 is 11.3 Å². The summed E-state index contributed by atoms with van der Waals surface area (Å²) in [6.45, 7) is 2.40. The maximum atomic E-state index is 12.4. The van der Waals surface area contributed by atoms with Gasteiger partial charge in [-0.2, -0.15) is 4.99 Å². The van der Waals surface area contributed by atoms with Gasteiger partial charge in [-0.1, -0.05) is 59.9 Å². The summed E-state index contributed by atoms with van der Waals surface area (Å²) < 4.78 is 1.90. The molecule has 0 bridgehead atoms. The van der Waals surface area contributed by atoms with E-state index < -0.39 is 0 Å². The summed E-state index contributed by atoms with van der Waals surface area (Å²) in [7, 11) is 0. The van der Waals surface area contributed by atoms with Gasteiger partial charge in [0.15, 0.2) is 4.80 Å². The molecule has 0 saturated carbocycles. The Kier molecular flexibility index (Phi) is 5.03. The van der Waals surface area contributed by atoms with Gasteiger partial charge in [-0.05, 0) is 24.6 Å². The number of nitrogens with zero attached hydrogens (tertiary/aromatic N) is 2. The first kappa shape index (κ1) is 16.4. The maximum absolute atomic E-state index is 12.4. The Morgan fingerprint density at radius 1 is 1.08 bits per heavy atom. The predicted molar refractivity (Wildman–Crippen MR) is 95.9 cm³/mol. The average Bonchev–Trinajstić information content (AvgIpc) is 2.93. The van der Waals surface area contributed by atoms with Crippen LogP contribution in [0.15, 0.2) is 65.7 Å². The fourth-order valence-corrected chi connectivity index (χ4v) is 3.68. The van der Waals surface area contributed by atoms with Crippen molar-refractivity contribution in [3.63, 3.8) is 0 Å². The molecular formula is C19H18N2O2S. The molecular weight excluding hydrogens is 320 g/mol. The predicted octanol–water partition coefficient (Wildman–Crippen LogP) is 3.26. The summed E-state index contributed by atoms with van der Waals surface area (Å²) in [4.78, 5) is 18.3. The molecule has 122 valence electrons. The normalized spacial score (nSPS) is 11.7. The highest BCUT2D eigenvalue weighted by Gasteiger charge is 2.12. The van der Waals surface area contributed by atoms with Crippen molar-refractivity contribution in [2.45, 2.75) is 13.5 Å². The van der Waals surface area contributed by atoms with E-state index in [4.69, 9.17) is 0 Å². The van der Waals surface area contributed by atoms with Gasteiger partial charge in [0.1, 0.15) is 0 Å². The topological polar surface area (TPSA) is 54.6 Å². The van der Waals surface area contributed by atoms with Crippen LogP contribution in [0.1, 0.15) is 16.1 Å². The standard InChI is InChI=1S/C19H18N2O2S/c1-14-17(15-8-4-2-5-9-15)24-19(21(14)12-13-22)20-18(23)16-10-6-3-7-11-16/h2-11,22H,12-13H2,1H3. The lowest BCUT2D eigenvalue weighted by Gasteiger charge is -2.04. The zero-order valence-corrected chi connectivity index (χ0v) is 14.2. The Hall–Kier alpha value is -2.50. The van der Waals surface area contributed by atoms with E-state index in [-0.39, 0.29) is 12.5 Å². The van der Waals surface area contributed by atoms with Crippen molar-refractivity contribution in [1.29, 1.82) is 0 Å². The van der Waals surface area contributed by atoms with Crippen LogP contribution in [0, 0.1) is 6.92 Å². The fourth-order valence-electron chi connectivity index (χ4n) is 2.52. The van der Waals surface area contributed by atoms with E-state index in [0.717, 1.165) is 16.1 Å². The van der Waals surface area contributed by atoms with Crippen molar-refractivity contribution >= 4 is 17.2 Å². The van der Waals surface area contributed by atoms with Crippen LogP contribution in [0.3, 0.4) is 0 Å². The third-order valence-corrected chi connectivity index (χ3v) is 4.96. The van der Waals surface area contributed by atoms with Gasteiger partial charge in [0.2, 0.25) is 0 Å². The molecule has 3 rings (SSSR count). The molecule has 1 heterocycles. The molecule has 1 amide bonds. The second-order valence-electron chi connectivity index (χ2n) is 5.32. The van der Waals surface area contributed by atoms with Crippen LogP contribution in [0.5, 0.6) is 0 Å². The van der Waals surface area contributed by atoms with Crippen molar-refractivity contribution < 1.29 is 9.90 Å². The van der Waals surface area contributed by atoms with Gasteiger partial charge in [0, 0.05) is 17.8 Å². The Bertz CT molecular complexity index is 896. The van der Waals surface area contributed by atoms with Crippen molar-refractivity contribution in [3.8, 4) is 10.4 Å². The zero-order valence-electron chi connectivity index (χ0n) is 13.3. The Morgan fingerprint density at radius 2 is 1.71 bits per heavy atom. The first-order valence-corrected chi connectivity index (χ1v) is 8.53. The van der Waals surface area contributed by atoms with Crippen LogP contribution < -0.4 is 4.80 Å². The maximum Gasteiger partial charge on any atom is 0.279 e. The van der Waals surface area contributed by atoms with Gasteiger partial charge in [-0.25, -0.2) is 0 Å². The van der Waals surface area contributed by atoms with Crippen molar-refractivity contribution in [2.24, 2.45) is 4.99 Å². The van der Waals surface area contributed by atoms with E-state index in [9.17, 15) is 9.90 Å². The molecule has 0 radical (unpaired) electrons. The number of rotatable bonds is 4. The molecule has 0 atom stereocenters. The number of aromatic nitrogens is 1. The van der Waals surface area contributed by atoms with Crippen LogP contribution in [0.4, 0.5) is 0 Å². The molecule has 4 nitrogen and oxygen atoms in total. The largest absolute Gasteiger partial charge is 0.395 e. The lowest BCUT2D eigenvalue weighted by Crippen LogP contribution is -2.20. The summed E-state index contributed by atoms with van der Waals surface area (Å²) in [6.07, 6.45) is 0. The number of aliphatic hydroxyl groups is 1. The van der Waals surface area contributed by atoms with Gasteiger partial charge >= 0.3 is 0 Å². The highest BCUT2D eigenvalue weighted by molar-refractivity contribution is 7.13. The Labute approximate surface area is 144 Å². The lowest BCUT2D eigenvalue weighted by molar-refractivity contribution is 0.0997. The number of carbonyl (C=O) groups is 1. The molecule has 0 aliphatic carbocycles. The van der Waals surface area contributed by atoms with E-state index in [2.05, 4.69) is 4.99 Å². The third kappa shape index (κ3) is 3.37. The third-order valence-electron chi connectivity index (χ3n) is 3.74. The molecule has 5 heteroatoms. The first-order chi connectivity index (χ1) is 11.7. The number of hydrogen-bond donors (Lipinski definition) is 1. The van der Waals surface area contributed by atoms with E-state index in [1.807, 2.05) is 60.0 Å². The van der Waals surface area contributed by atoms with Gasteiger partial charge in [-0.3, -0.25) is 4.79 Å². The van der Waals surface area contributed by atoms with Gasteiger partial charge in [-0.15, -0.1) is 0 Å². The van der Waals surface area contributed by atoms with Crippen molar-refractivity contribution in [1.82, 2.24) is 4.57 Å². The molecule has 0 spiro atoms. The minimum absolute atomic E-state index is 0.00147. The summed E-state index contributed by atoms with van der Waals surface area (Å²) in [6, 6.07) is 19.0. The van der Waals surface area contributed by atoms with Crippen LogP contribution in [-0.4, -0.2) is 22.2 Å². The molecule has 3 aromatic rings. The van der Waals surface area contributed by atoms with Crippen molar-refractivity contribution in [3.05, 3.63) is 76.7 Å². The number of benzene rings is 2. The molecule has 24 heavy (non-hydrogen) atoms. The number of aliphatic hydroxyl groups excluding tert-OH is 1. The van der Waals surface area contributed by atoms with E-state index in [1.54, 1.807) is 12.1 Å². The van der Waals surface area contributed by atoms with Gasteiger partial charge < -0.3 is 9.67 Å². The van der Waals surface area contributed by atoms with E-state index in [0.29, 0.717) is 16.9 Å². The summed E-state index contributed by atoms with van der Waals surface area (Å²) in [5.41, 5.74) is 2.64. The van der Waals surface area contributed by atoms with Crippen LogP contribution in [-0.2, 0) is 6.54 Å². The second kappa shape index (κ2) is 7.38. The number of hydrogen-bond acceptors (Lipinski definition) is 3. The average molecular weight is 338 g/mol. The van der Waals surface area contributed by atoms with Crippen molar-refractivity contribution in [2.75, 3.05) is 6.61 Å². The first-order valence-electron chi connectivity index (χ1n) is 7.71. The molecule has 1 aromatic heterocycles. The van der Waals surface area contributed by atoms with Gasteiger partial charge in [0.25, 0.3) is 5.91 Å². The number of thiazole rings is 1. The molecule has 0 unspecified atom stereocenters. The molecule has 0 aliphatic rings. The van der Waals surface area contributed by atoms with Gasteiger partial charge in [0.05, 0.1) is 11.5 Å². The second-order valence-corrected chi connectivity index (χ2v) is 6.30. The Balaban J connectivity index is 2.10. The highest BCUT2D eigenvalue weighted by Crippen LogP contribution is 2.26. The number of carbonyl (C=O) groups excluding carboxylic acids is 1. The molecule has 1 N–H and O–H groups in total. The van der Waals surface area contributed by atoms with E-state index >= 15 is 0 Å². The zero-order chi connectivity index (χ0) is 16.9. The SMILES string of the molecule is Cc1c(-c2ccccc2)sc(=NC(=O)c2ccccc2)n1CCO. The smallest absolute Gasteiger partial charge is 0.279 e. The lowest BCUT2D eigenvalue weighted by atomic mass is 10.1. The highest BCUT2D eigenvalue weighted by atomic mass is 32.1. The molecule has 2 aromatic carbocycles. The van der Waals surface area contributed by atoms with Crippen LogP contribution in [0.2, 0.25) is 0 Å². The summed E-state index contributed by atoms with van der Waals surface area (Å²) in [5.74, 6) is -0.275. The number of amides is 1. The minimum atomic E-state index is -0.275. The molecule has 0 fully saturated rings. The fraction of sp³-hybridized carbons (Fsp3) is 0.158. The Morgan fingerprint density at radius 3 is 2.33 bits per heavy atom. The summed E-state index contributed by atoms with van der Waals surface area (Å²) >= 11 is 1.47. The monoisotopic (exact) mass is 338 g/mol. The van der Waals surface area contributed by atoms with Crippen LogP contribution in [0.25, 0.3) is 10.4 Å². The summed E-state index contributed by atoms with van der Waals surface area (Å²) in [5, 5.41) is 9.36. The minimum Gasteiger partial charge on any atom is -0.395 e. The van der Waals surface area contributed by atoms with E-state index in [1.165, 1.54) is 11.3 Å². The molecule has 0 saturated heterocycles. The quantitative estimate of drug-likeness (QED) is 0.794. The molecule has 0 aliphatic heterocycles.